The summed E-state index contributed by atoms with van der Waals surface area (Å²) in [4.78, 5) is 16.2. The molecular weight excluding hydrogens is 252 g/mol. The number of H-pyrrole nitrogens is 1. The number of pyridine rings is 1. The number of nitrogens with one attached hydrogen (secondary N) is 2. The number of carbonyl (C=O) groups is 1. The molecule has 0 fully saturated rings. The van der Waals surface area contributed by atoms with Crippen molar-refractivity contribution >= 4 is 5.91 Å². The standard InChI is InChI=1S/C15H20N4O/c1-10-5-4-7-16-14(10)6-8-17-15(20)9-13-11(2)18-19-12(13)3/h4-5,7H,6,8-9H2,1-3H3,(H,17,20)(H,18,19). The van der Waals surface area contributed by atoms with Gasteiger partial charge < -0.3 is 5.32 Å². The Balaban J connectivity index is 1.83. The van der Waals surface area contributed by atoms with Gasteiger partial charge in [0.2, 0.25) is 5.91 Å². The molecule has 0 saturated carbocycles. The van der Waals surface area contributed by atoms with Crippen molar-refractivity contribution < 1.29 is 4.79 Å². The Kier molecular flexibility index (Phi) is 4.50. The number of hydrogen-bond donors (Lipinski definition) is 2. The van der Waals surface area contributed by atoms with Crippen LogP contribution < -0.4 is 5.32 Å². The average molecular weight is 272 g/mol. The van der Waals surface area contributed by atoms with Gasteiger partial charge in [-0.05, 0) is 32.4 Å². The van der Waals surface area contributed by atoms with Gasteiger partial charge in [-0.1, -0.05) is 6.07 Å². The van der Waals surface area contributed by atoms with E-state index >= 15 is 0 Å². The van der Waals surface area contributed by atoms with Gasteiger partial charge in [-0.2, -0.15) is 5.10 Å². The van der Waals surface area contributed by atoms with E-state index < -0.39 is 0 Å². The molecule has 0 aliphatic carbocycles. The maximum atomic E-state index is 11.9. The zero-order chi connectivity index (χ0) is 14.5. The molecule has 5 nitrogen and oxygen atoms in total. The summed E-state index contributed by atoms with van der Waals surface area (Å²) in [5, 5.41) is 9.92. The summed E-state index contributed by atoms with van der Waals surface area (Å²) in [5.74, 6) is 0.0196. The highest BCUT2D eigenvalue weighted by atomic mass is 16.1. The minimum absolute atomic E-state index is 0.0196. The van der Waals surface area contributed by atoms with Crippen LogP contribution in [0.2, 0.25) is 0 Å². The van der Waals surface area contributed by atoms with Crippen LogP contribution in [-0.2, 0) is 17.6 Å². The van der Waals surface area contributed by atoms with Crippen molar-refractivity contribution in [2.45, 2.75) is 33.6 Å². The summed E-state index contributed by atoms with van der Waals surface area (Å²) < 4.78 is 0. The highest BCUT2D eigenvalue weighted by Gasteiger charge is 2.11. The monoisotopic (exact) mass is 272 g/mol. The van der Waals surface area contributed by atoms with E-state index in [2.05, 4.69) is 20.5 Å². The van der Waals surface area contributed by atoms with E-state index in [0.717, 1.165) is 34.6 Å². The average Bonchev–Trinajstić information content (AvgIpc) is 2.73. The van der Waals surface area contributed by atoms with Crippen LogP contribution >= 0.6 is 0 Å². The molecule has 0 unspecified atom stereocenters. The normalized spacial score (nSPS) is 10.6. The molecule has 0 radical (unpaired) electrons. The van der Waals surface area contributed by atoms with Gasteiger partial charge in [0, 0.05) is 36.1 Å². The van der Waals surface area contributed by atoms with E-state index in [1.54, 1.807) is 6.20 Å². The highest BCUT2D eigenvalue weighted by Crippen LogP contribution is 2.09. The number of amides is 1. The molecule has 0 aliphatic heterocycles. The molecule has 5 heteroatoms. The topological polar surface area (TPSA) is 70.7 Å². The maximum absolute atomic E-state index is 11.9. The van der Waals surface area contributed by atoms with Gasteiger partial charge in [0.1, 0.15) is 0 Å². The van der Waals surface area contributed by atoms with Crippen LogP contribution in [0.25, 0.3) is 0 Å². The zero-order valence-electron chi connectivity index (χ0n) is 12.2. The zero-order valence-corrected chi connectivity index (χ0v) is 12.2. The molecule has 2 aromatic heterocycles. The molecule has 0 aromatic carbocycles. The second-order valence-corrected chi connectivity index (χ2v) is 4.96. The Bertz CT molecular complexity index is 584. The molecule has 0 spiro atoms. The van der Waals surface area contributed by atoms with Crippen LogP contribution in [0.4, 0.5) is 0 Å². The first-order valence-electron chi connectivity index (χ1n) is 6.75. The SMILES string of the molecule is Cc1cccnc1CCNC(=O)Cc1c(C)n[nH]c1C. The van der Waals surface area contributed by atoms with Crippen LogP contribution in [0, 0.1) is 20.8 Å². The van der Waals surface area contributed by atoms with Crippen molar-refractivity contribution in [3.63, 3.8) is 0 Å². The second kappa shape index (κ2) is 6.32. The molecular formula is C15H20N4O. The smallest absolute Gasteiger partial charge is 0.224 e. The minimum atomic E-state index is 0.0196. The highest BCUT2D eigenvalue weighted by molar-refractivity contribution is 5.79. The summed E-state index contributed by atoms with van der Waals surface area (Å²) in [6.45, 7) is 6.47. The third-order valence-electron chi connectivity index (χ3n) is 3.42. The molecule has 0 aliphatic rings. The summed E-state index contributed by atoms with van der Waals surface area (Å²) in [5.41, 5.74) is 5.01. The van der Waals surface area contributed by atoms with E-state index in [-0.39, 0.29) is 5.91 Å². The number of carbonyl (C=O) groups excluding carboxylic acids is 1. The minimum Gasteiger partial charge on any atom is -0.355 e. The lowest BCUT2D eigenvalue weighted by molar-refractivity contribution is -0.120. The number of aryl methyl sites for hydroxylation is 3. The molecule has 0 atom stereocenters. The lowest BCUT2D eigenvalue weighted by atomic mass is 10.1. The van der Waals surface area contributed by atoms with Crippen LogP contribution in [-0.4, -0.2) is 27.6 Å². The fraction of sp³-hybridized carbons (Fsp3) is 0.400. The Hall–Kier alpha value is -2.17. The predicted molar refractivity (Wildman–Crippen MR) is 77.5 cm³/mol. The lowest BCUT2D eigenvalue weighted by Gasteiger charge is -2.07. The van der Waals surface area contributed by atoms with Gasteiger partial charge in [0.25, 0.3) is 0 Å². The molecule has 20 heavy (non-hydrogen) atoms. The van der Waals surface area contributed by atoms with Gasteiger partial charge in [-0.3, -0.25) is 14.9 Å². The number of aromatic amines is 1. The Morgan fingerprint density at radius 3 is 2.80 bits per heavy atom. The Labute approximate surface area is 118 Å². The van der Waals surface area contributed by atoms with E-state index in [9.17, 15) is 4.79 Å². The van der Waals surface area contributed by atoms with E-state index in [4.69, 9.17) is 0 Å². The first-order chi connectivity index (χ1) is 9.58. The van der Waals surface area contributed by atoms with Crippen LogP contribution in [0.5, 0.6) is 0 Å². The molecule has 2 heterocycles. The third kappa shape index (κ3) is 3.44. The molecule has 0 saturated heterocycles. The molecule has 1 amide bonds. The first kappa shape index (κ1) is 14.2. The van der Waals surface area contributed by atoms with Gasteiger partial charge in [-0.15, -0.1) is 0 Å². The van der Waals surface area contributed by atoms with Gasteiger partial charge in [0.05, 0.1) is 12.1 Å². The summed E-state index contributed by atoms with van der Waals surface area (Å²) in [6.07, 6.45) is 2.90. The van der Waals surface area contributed by atoms with Crippen molar-refractivity contribution in [3.8, 4) is 0 Å². The van der Waals surface area contributed by atoms with Crippen LogP contribution in [0.1, 0.15) is 28.2 Å². The fourth-order valence-corrected chi connectivity index (χ4v) is 2.16. The Morgan fingerprint density at radius 2 is 2.15 bits per heavy atom. The van der Waals surface area contributed by atoms with Crippen molar-refractivity contribution in [3.05, 3.63) is 46.5 Å². The number of aromatic nitrogens is 3. The Morgan fingerprint density at radius 1 is 1.35 bits per heavy atom. The molecule has 0 bridgehead atoms. The first-order valence-corrected chi connectivity index (χ1v) is 6.75. The van der Waals surface area contributed by atoms with Crippen molar-refractivity contribution in [2.75, 3.05) is 6.54 Å². The largest absolute Gasteiger partial charge is 0.355 e. The summed E-state index contributed by atoms with van der Waals surface area (Å²) >= 11 is 0. The third-order valence-corrected chi connectivity index (χ3v) is 3.42. The number of rotatable bonds is 5. The van der Waals surface area contributed by atoms with Crippen molar-refractivity contribution in [1.82, 2.24) is 20.5 Å². The van der Waals surface area contributed by atoms with E-state index in [0.29, 0.717) is 13.0 Å². The molecule has 2 N–H and O–H groups in total. The summed E-state index contributed by atoms with van der Waals surface area (Å²) in [6, 6.07) is 3.95. The lowest BCUT2D eigenvalue weighted by Crippen LogP contribution is -2.27. The van der Waals surface area contributed by atoms with Crippen LogP contribution in [0.3, 0.4) is 0 Å². The number of nitrogens with zero attached hydrogens (tertiary/aromatic N) is 2. The molecule has 2 rings (SSSR count). The molecule has 2 aromatic rings. The second-order valence-electron chi connectivity index (χ2n) is 4.96. The van der Waals surface area contributed by atoms with Crippen molar-refractivity contribution in [1.29, 1.82) is 0 Å². The van der Waals surface area contributed by atoms with E-state index in [1.165, 1.54) is 0 Å². The predicted octanol–water partition coefficient (Wildman–Crippen LogP) is 1.63. The van der Waals surface area contributed by atoms with Gasteiger partial charge in [0.15, 0.2) is 0 Å². The summed E-state index contributed by atoms with van der Waals surface area (Å²) in [7, 11) is 0. The molecule has 106 valence electrons. The van der Waals surface area contributed by atoms with Gasteiger partial charge >= 0.3 is 0 Å². The number of hydrogen-bond acceptors (Lipinski definition) is 3. The quantitative estimate of drug-likeness (QED) is 0.869. The van der Waals surface area contributed by atoms with Gasteiger partial charge in [-0.25, -0.2) is 0 Å². The van der Waals surface area contributed by atoms with Crippen molar-refractivity contribution in [2.24, 2.45) is 0 Å². The maximum Gasteiger partial charge on any atom is 0.224 e. The van der Waals surface area contributed by atoms with E-state index in [1.807, 2.05) is 32.9 Å². The van der Waals surface area contributed by atoms with Crippen LogP contribution in [0.15, 0.2) is 18.3 Å². The fourth-order valence-electron chi connectivity index (χ4n) is 2.16.